The quantitative estimate of drug-likeness (QED) is 0.627. The molecule has 2 fully saturated rings. The highest BCUT2D eigenvalue weighted by atomic mass is 32.2. The van der Waals surface area contributed by atoms with Crippen LogP contribution in [0.3, 0.4) is 0 Å². The van der Waals surface area contributed by atoms with Gasteiger partial charge in [-0.1, -0.05) is 43.3 Å². The molecule has 2 aromatic rings. The van der Waals surface area contributed by atoms with Crippen LogP contribution in [-0.4, -0.2) is 62.3 Å². The molecule has 166 valence electrons. The van der Waals surface area contributed by atoms with Crippen molar-refractivity contribution in [2.75, 3.05) is 38.0 Å². The minimum Gasteiger partial charge on any atom is -0.325 e. The molecule has 0 aliphatic carbocycles. The van der Waals surface area contributed by atoms with Gasteiger partial charge in [0, 0.05) is 37.9 Å². The fourth-order valence-electron chi connectivity index (χ4n) is 4.03. The van der Waals surface area contributed by atoms with E-state index in [4.69, 9.17) is 0 Å². The van der Waals surface area contributed by atoms with Crippen LogP contribution in [0.5, 0.6) is 0 Å². The summed E-state index contributed by atoms with van der Waals surface area (Å²) in [7, 11) is -3.59. The number of amides is 1. The predicted molar refractivity (Wildman–Crippen MR) is 120 cm³/mol. The van der Waals surface area contributed by atoms with Crippen molar-refractivity contribution in [3.05, 3.63) is 60.2 Å². The maximum atomic E-state index is 13.0. The zero-order chi connectivity index (χ0) is 21.8. The van der Waals surface area contributed by atoms with Gasteiger partial charge in [0.2, 0.25) is 15.9 Å². The molecule has 0 bridgehead atoms. The summed E-state index contributed by atoms with van der Waals surface area (Å²) in [6, 6.07) is 16.1. The van der Waals surface area contributed by atoms with Crippen LogP contribution in [0.1, 0.15) is 24.9 Å². The van der Waals surface area contributed by atoms with Gasteiger partial charge in [-0.25, -0.2) is 19.3 Å². The van der Waals surface area contributed by atoms with E-state index in [0.717, 1.165) is 25.2 Å². The van der Waals surface area contributed by atoms with Gasteiger partial charge in [0.25, 0.3) is 0 Å². The normalized spacial score (nSPS) is 23.0. The average Bonchev–Trinajstić information content (AvgIpc) is 3.30. The summed E-state index contributed by atoms with van der Waals surface area (Å²) in [6.45, 7) is 5.42. The maximum absolute atomic E-state index is 13.0. The number of nitrogens with one attached hydrogen (secondary N) is 3. The Balaban J connectivity index is 1.40. The minimum atomic E-state index is -3.59. The van der Waals surface area contributed by atoms with Crippen LogP contribution in [-0.2, 0) is 14.8 Å². The molecule has 8 nitrogen and oxygen atoms in total. The number of hydrazine groups is 1. The molecule has 2 aliphatic rings. The lowest BCUT2D eigenvalue weighted by Gasteiger charge is -2.33. The number of benzene rings is 2. The van der Waals surface area contributed by atoms with Crippen LogP contribution in [0.15, 0.2) is 59.5 Å². The number of sulfonamides is 1. The maximum Gasteiger partial charge on any atom is 0.243 e. The van der Waals surface area contributed by atoms with Crippen LogP contribution in [0.4, 0.5) is 5.69 Å². The SMILES string of the molecule is CCN1CCN(S(=O)(=O)c2cccc(NC(=O)C3CC(c4ccccc4)NN3)c2)CC1. The lowest BCUT2D eigenvalue weighted by molar-refractivity contribution is -0.117. The van der Waals surface area contributed by atoms with Crippen molar-refractivity contribution in [2.24, 2.45) is 0 Å². The van der Waals surface area contributed by atoms with E-state index in [0.29, 0.717) is 25.2 Å². The summed E-state index contributed by atoms with van der Waals surface area (Å²) >= 11 is 0. The van der Waals surface area contributed by atoms with Crippen molar-refractivity contribution in [2.45, 2.75) is 30.3 Å². The Kier molecular flexibility index (Phi) is 6.68. The summed E-state index contributed by atoms with van der Waals surface area (Å²) in [5.41, 5.74) is 7.79. The number of piperazine rings is 1. The lowest BCUT2D eigenvalue weighted by atomic mass is 10.0. The summed E-state index contributed by atoms with van der Waals surface area (Å²) in [4.78, 5) is 15.2. The van der Waals surface area contributed by atoms with E-state index in [1.54, 1.807) is 18.2 Å². The van der Waals surface area contributed by atoms with E-state index in [-0.39, 0.29) is 16.8 Å². The van der Waals surface area contributed by atoms with Crippen molar-refractivity contribution in [3.63, 3.8) is 0 Å². The number of likely N-dealkylation sites (N-methyl/N-ethyl adjacent to an activating group) is 1. The Morgan fingerprint density at radius 3 is 2.48 bits per heavy atom. The molecular formula is C22H29N5O3S. The molecule has 9 heteroatoms. The van der Waals surface area contributed by atoms with Gasteiger partial charge in [0.15, 0.2) is 0 Å². The first kappa shape index (κ1) is 21.9. The van der Waals surface area contributed by atoms with Crippen LogP contribution in [0, 0.1) is 0 Å². The van der Waals surface area contributed by atoms with Gasteiger partial charge in [-0.2, -0.15) is 4.31 Å². The number of nitrogens with zero attached hydrogens (tertiary/aromatic N) is 2. The Morgan fingerprint density at radius 2 is 1.77 bits per heavy atom. The van der Waals surface area contributed by atoms with E-state index >= 15 is 0 Å². The van der Waals surface area contributed by atoms with E-state index in [9.17, 15) is 13.2 Å². The monoisotopic (exact) mass is 443 g/mol. The van der Waals surface area contributed by atoms with Gasteiger partial charge in [-0.05, 0) is 36.7 Å². The van der Waals surface area contributed by atoms with Crippen molar-refractivity contribution in [1.82, 2.24) is 20.1 Å². The Labute approximate surface area is 183 Å². The van der Waals surface area contributed by atoms with Crippen LogP contribution >= 0.6 is 0 Å². The minimum absolute atomic E-state index is 0.0467. The molecule has 0 saturated carbocycles. The Bertz CT molecular complexity index is 1010. The number of carbonyl (C=O) groups is 1. The molecule has 4 rings (SSSR count). The third-order valence-corrected chi connectivity index (χ3v) is 7.83. The molecule has 1 amide bonds. The summed E-state index contributed by atoms with van der Waals surface area (Å²) in [6.07, 6.45) is 0.607. The zero-order valence-electron chi connectivity index (χ0n) is 17.6. The van der Waals surface area contributed by atoms with Crippen LogP contribution in [0.25, 0.3) is 0 Å². The number of rotatable bonds is 6. The smallest absolute Gasteiger partial charge is 0.243 e. The fraction of sp³-hybridized carbons (Fsp3) is 0.409. The van der Waals surface area contributed by atoms with Gasteiger partial charge < -0.3 is 10.2 Å². The molecule has 2 saturated heterocycles. The fourth-order valence-corrected chi connectivity index (χ4v) is 5.50. The molecule has 2 aliphatic heterocycles. The second-order valence-electron chi connectivity index (χ2n) is 7.90. The largest absolute Gasteiger partial charge is 0.325 e. The number of hydrogen-bond donors (Lipinski definition) is 3. The topological polar surface area (TPSA) is 93.8 Å². The average molecular weight is 444 g/mol. The Hall–Kier alpha value is -2.30. The molecule has 3 N–H and O–H groups in total. The van der Waals surface area contributed by atoms with Crippen molar-refractivity contribution < 1.29 is 13.2 Å². The molecular weight excluding hydrogens is 414 g/mol. The molecule has 2 aromatic carbocycles. The van der Waals surface area contributed by atoms with E-state index in [1.807, 2.05) is 30.3 Å². The van der Waals surface area contributed by atoms with Crippen molar-refractivity contribution >= 4 is 21.6 Å². The first-order chi connectivity index (χ1) is 15.0. The standard InChI is InChI=1S/C22H29N5O3S/c1-2-26-11-13-27(14-12-26)31(29,30)19-10-6-9-18(15-19)23-22(28)21-16-20(24-25-21)17-7-4-3-5-8-17/h3-10,15,20-21,24-25H,2,11-14,16H2,1H3,(H,23,28). The third-order valence-electron chi connectivity index (χ3n) is 5.94. The van der Waals surface area contributed by atoms with Crippen LogP contribution < -0.4 is 16.2 Å². The highest BCUT2D eigenvalue weighted by Gasteiger charge is 2.31. The lowest BCUT2D eigenvalue weighted by Crippen LogP contribution is -2.48. The number of carbonyl (C=O) groups excluding carboxylic acids is 1. The second-order valence-corrected chi connectivity index (χ2v) is 9.83. The third kappa shape index (κ3) is 4.97. The van der Waals surface area contributed by atoms with Crippen molar-refractivity contribution in [1.29, 1.82) is 0 Å². The molecule has 0 aromatic heterocycles. The van der Waals surface area contributed by atoms with Gasteiger partial charge in [-0.15, -0.1) is 0 Å². The first-order valence-corrected chi connectivity index (χ1v) is 12.1. The molecule has 2 unspecified atom stereocenters. The molecule has 0 radical (unpaired) electrons. The molecule has 0 spiro atoms. The highest BCUT2D eigenvalue weighted by molar-refractivity contribution is 7.89. The van der Waals surface area contributed by atoms with E-state index in [2.05, 4.69) is 28.0 Å². The highest BCUT2D eigenvalue weighted by Crippen LogP contribution is 2.24. The summed E-state index contributed by atoms with van der Waals surface area (Å²) in [5.74, 6) is -0.197. The second kappa shape index (κ2) is 9.46. The zero-order valence-corrected chi connectivity index (χ0v) is 18.4. The molecule has 31 heavy (non-hydrogen) atoms. The predicted octanol–water partition coefficient (Wildman–Crippen LogP) is 1.56. The number of anilines is 1. The first-order valence-electron chi connectivity index (χ1n) is 10.7. The summed E-state index contributed by atoms with van der Waals surface area (Å²) in [5, 5.41) is 2.85. The molecule has 2 heterocycles. The van der Waals surface area contributed by atoms with E-state index in [1.165, 1.54) is 10.4 Å². The van der Waals surface area contributed by atoms with Gasteiger partial charge >= 0.3 is 0 Å². The van der Waals surface area contributed by atoms with E-state index < -0.39 is 16.1 Å². The van der Waals surface area contributed by atoms with Gasteiger partial charge in [0.05, 0.1) is 4.90 Å². The van der Waals surface area contributed by atoms with Crippen LogP contribution in [0.2, 0.25) is 0 Å². The van der Waals surface area contributed by atoms with Gasteiger partial charge in [0.1, 0.15) is 6.04 Å². The Morgan fingerprint density at radius 1 is 1.03 bits per heavy atom. The summed E-state index contributed by atoms with van der Waals surface area (Å²) < 4.78 is 27.6. The number of hydrogen-bond acceptors (Lipinski definition) is 6. The van der Waals surface area contributed by atoms with Crippen molar-refractivity contribution in [3.8, 4) is 0 Å². The van der Waals surface area contributed by atoms with Gasteiger partial charge in [-0.3, -0.25) is 4.79 Å². The molecule has 2 atom stereocenters.